The van der Waals surface area contributed by atoms with E-state index in [0.29, 0.717) is 10.7 Å². The second-order valence-electron chi connectivity index (χ2n) is 3.78. The average Bonchev–Trinajstić information content (AvgIpc) is 2.39. The smallest absolute Gasteiger partial charge is 0.128 e. The van der Waals surface area contributed by atoms with Crippen LogP contribution in [0.3, 0.4) is 0 Å². The largest absolute Gasteiger partial charge is 0.497 e. The summed E-state index contributed by atoms with van der Waals surface area (Å²) in [4.78, 5) is 0.350. The van der Waals surface area contributed by atoms with Crippen molar-refractivity contribution >= 4 is 33.1 Å². The van der Waals surface area contributed by atoms with E-state index >= 15 is 0 Å². The Labute approximate surface area is 125 Å². The number of nitrogens with two attached hydrogens (primary N) is 1. The number of methoxy groups -OCH3 is 1. The minimum absolute atomic E-state index is 0.350. The first-order valence-electron chi connectivity index (χ1n) is 5.51. The molecule has 2 aromatic rings. The molecule has 98 valence electrons. The quantitative estimate of drug-likeness (QED) is 0.859. The Morgan fingerprint density at radius 3 is 2.16 bits per heavy atom. The van der Waals surface area contributed by atoms with Crippen LogP contribution in [0.25, 0.3) is 0 Å². The van der Waals surface area contributed by atoms with E-state index in [1.807, 2.05) is 42.5 Å². The van der Waals surface area contributed by atoms with E-state index in [9.17, 15) is 0 Å². The van der Waals surface area contributed by atoms with Crippen LogP contribution in [0.5, 0.6) is 17.2 Å². The summed E-state index contributed by atoms with van der Waals surface area (Å²) in [6, 6.07) is 12.8. The van der Waals surface area contributed by atoms with Crippen LogP contribution in [0.4, 0.5) is 0 Å². The molecule has 0 fully saturated rings. The van der Waals surface area contributed by atoms with Crippen LogP contribution in [-0.4, -0.2) is 12.1 Å². The summed E-state index contributed by atoms with van der Waals surface area (Å²) in [7, 11) is 1.63. The van der Waals surface area contributed by atoms with E-state index in [-0.39, 0.29) is 0 Å². The number of ether oxygens (including phenoxy) is 2. The van der Waals surface area contributed by atoms with Crippen molar-refractivity contribution in [2.45, 2.75) is 0 Å². The summed E-state index contributed by atoms with van der Waals surface area (Å²) in [6.45, 7) is 0. The van der Waals surface area contributed by atoms with Gasteiger partial charge in [0.05, 0.1) is 7.11 Å². The summed E-state index contributed by atoms with van der Waals surface area (Å²) in [5.74, 6) is 2.23. The molecule has 0 aliphatic carbocycles. The molecule has 3 nitrogen and oxygen atoms in total. The third-order valence-corrected chi connectivity index (χ3v) is 3.38. The molecule has 0 heterocycles. The molecule has 0 saturated carbocycles. The van der Waals surface area contributed by atoms with Crippen molar-refractivity contribution < 1.29 is 9.47 Å². The number of thiocarbonyl (C=S) groups is 1. The minimum Gasteiger partial charge on any atom is -0.497 e. The van der Waals surface area contributed by atoms with Gasteiger partial charge in [-0.05, 0) is 58.4 Å². The van der Waals surface area contributed by atoms with E-state index in [0.717, 1.165) is 21.5 Å². The van der Waals surface area contributed by atoms with E-state index in [1.165, 1.54) is 0 Å². The van der Waals surface area contributed by atoms with Gasteiger partial charge in [-0.25, -0.2) is 0 Å². The van der Waals surface area contributed by atoms with E-state index in [1.54, 1.807) is 7.11 Å². The molecule has 2 aromatic carbocycles. The second kappa shape index (κ2) is 6.04. The molecule has 0 aliphatic heterocycles. The molecule has 5 heteroatoms. The molecule has 0 aliphatic rings. The molecule has 0 bridgehead atoms. The van der Waals surface area contributed by atoms with Crippen LogP contribution in [0.2, 0.25) is 0 Å². The first kappa shape index (κ1) is 13.8. The fourth-order valence-corrected chi connectivity index (χ4v) is 2.42. The Hall–Kier alpha value is -1.59. The fraction of sp³-hybridized carbons (Fsp3) is 0.0714. The number of halogens is 1. The molecule has 19 heavy (non-hydrogen) atoms. The highest BCUT2D eigenvalue weighted by Gasteiger charge is 2.05. The summed E-state index contributed by atoms with van der Waals surface area (Å²) >= 11 is 8.36. The Morgan fingerprint density at radius 2 is 1.63 bits per heavy atom. The summed E-state index contributed by atoms with van der Waals surface area (Å²) in [5, 5.41) is 0. The lowest BCUT2D eigenvalue weighted by molar-refractivity contribution is 0.413. The van der Waals surface area contributed by atoms with E-state index in [2.05, 4.69) is 15.9 Å². The third-order valence-electron chi connectivity index (χ3n) is 2.50. The van der Waals surface area contributed by atoms with Crippen molar-refractivity contribution in [1.82, 2.24) is 0 Å². The van der Waals surface area contributed by atoms with Gasteiger partial charge in [0.2, 0.25) is 0 Å². The van der Waals surface area contributed by atoms with Gasteiger partial charge in [-0.1, -0.05) is 12.2 Å². The van der Waals surface area contributed by atoms with Gasteiger partial charge in [-0.3, -0.25) is 0 Å². The van der Waals surface area contributed by atoms with Crippen molar-refractivity contribution in [3.05, 3.63) is 52.5 Å². The highest BCUT2D eigenvalue weighted by Crippen LogP contribution is 2.28. The topological polar surface area (TPSA) is 44.5 Å². The normalized spacial score (nSPS) is 10.0. The lowest BCUT2D eigenvalue weighted by Gasteiger charge is -2.09. The molecule has 0 amide bonds. The van der Waals surface area contributed by atoms with Crippen molar-refractivity contribution in [2.75, 3.05) is 7.11 Å². The number of hydrogen-bond donors (Lipinski definition) is 1. The van der Waals surface area contributed by atoms with Gasteiger partial charge in [0.1, 0.15) is 22.2 Å². The zero-order valence-corrected chi connectivity index (χ0v) is 12.6. The third kappa shape index (κ3) is 3.45. The van der Waals surface area contributed by atoms with Crippen LogP contribution in [0.15, 0.2) is 46.9 Å². The number of hydrogen-bond acceptors (Lipinski definition) is 3. The summed E-state index contributed by atoms with van der Waals surface area (Å²) in [5.41, 5.74) is 6.38. The number of benzene rings is 2. The van der Waals surface area contributed by atoms with Gasteiger partial charge < -0.3 is 15.2 Å². The lowest BCUT2D eigenvalue weighted by atomic mass is 10.2. The van der Waals surface area contributed by atoms with Gasteiger partial charge in [-0.15, -0.1) is 0 Å². The molecule has 0 aromatic heterocycles. The maximum atomic E-state index is 5.72. The Morgan fingerprint density at radius 1 is 1.05 bits per heavy atom. The Balaban J connectivity index is 2.18. The van der Waals surface area contributed by atoms with Crippen LogP contribution < -0.4 is 15.2 Å². The van der Waals surface area contributed by atoms with Gasteiger partial charge in [0.15, 0.2) is 0 Å². The van der Waals surface area contributed by atoms with Crippen molar-refractivity contribution in [3.8, 4) is 17.2 Å². The Bertz CT molecular complexity index is 599. The van der Waals surface area contributed by atoms with E-state index in [4.69, 9.17) is 27.4 Å². The number of rotatable bonds is 4. The maximum Gasteiger partial charge on any atom is 0.128 e. The summed E-state index contributed by atoms with van der Waals surface area (Å²) in [6.07, 6.45) is 0. The van der Waals surface area contributed by atoms with E-state index < -0.39 is 0 Å². The minimum atomic E-state index is 0.350. The van der Waals surface area contributed by atoms with Gasteiger partial charge in [0.25, 0.3) is 0 Å². The maximum absolute atomic E-state index is 5.72. The molecule has 0 saturated heterocycles. The predicted molar refractivity (Wildman–Crippen MR) is 83.1 cm³/mol. The molecule has 2 N–H and O–H groups in total. The van der Waals surface area contributed by atoms with Gasteiger partial charge >= 0.3 is 0 Å². The first-order valence-corrected chi connectivity index (χ1v) is 6.71. The summed E-state index contributed by atoms with van der Waals surface area (Å²) < 4.78 is 11.6. The highest BCUT2D eigenvalue weighted by atomic mass is 79.9. The molecular weight excluding hydrogens is 326 g/mol. The predicted octanol–water partition coefficient (Wildman–Crippen LogP) is 3.88. The van der Waals surface area contributed by atoms with Crippen LogP contribution in [0, 0.1) is 0 Å². The van der Waals surface area contributed by atoms with Crippen molar-refractivity contribution in [2.24, 2.45) is 5.73 Å². The second-order valence-corrected chi connectivity index (χ2v) is 5.08. The fourth-order valence-electron chi connectivity index (χ4n) is 1.54. The lowest BCUT2D eigenvalue weighted by Crippen LogP contribution is -2.09. The molecule has 2 rings (SSSR count). The molecule has 0 atom stereocenters. The standard InChI is InChI=1S/C14H12BrNO2S/c1-17-9-2-4-10(5-3-9)18-11-6-7-12(14(16)19)13(15)8-11/h2-8H,1H3,(H2,16,19). The average molecular weight is 338 g/mol. The SMILES string of the molecule is COc1ccc(Oc2ccc(C(N)=S)c(Br)c2)cc1. The first-order chi connectivity index (χ1) is 9.10. The molecule has 0 unspecified atom stereocenters. The van der Waals surface area contributed by atoms with Gasteiger partial charge in [0, 0.05) is 10.0 Å². The Kier molecular flexibility index (Phi) is 4.39. The van der Waals surface area contributed by atoms with Crippen LogP contribution >= 0.6 is 28.1 Å². The molecular formula is C14H12BrNO2S. The van der Waals surface area contributed by atoms with Crippen LogP contribution in [0.1, 0.15) is 5.56 Å². The van der Waals surface area contributed by atoms with Crippen LogP contribution in [-0.2, 0) is 0 Å². The monoisotopic (exact) mass is 337 g/mol. The zero-order chi connectivity index (χ0) is 13.8. The zero-order valence-electron chi connectivity index (χ0n) is 10.2. The highest BCUT2D eigenvalue weighted by molar-refractivity contribution is 9.10. The van der Waals surface area contributed by atoms with Gasteiger partial charge in [-0.2, -0.15) is 0 Å². The van der Waals surface area contributed by atoms with Crippen molar-refractivity contribution in [3.63, 3.8) is 0 Å². The molecule has 0 radical (unpaired) electrons. The van der Waals surface area contributed by atoms with Crippen molar-refractivity contribution in [1.29, 1.82) is 0 Å². The molecule has 0 spiro atoms.